The molecule has 0 amide bonds. The average Bonchev–Trinajstić information content (AvgIpc) is 3.04. The van der Waals surface area contributed by atoms with Gasteiger partial charge in [0.1, 0.15) is 0 Å². The molecule has 2 unspecified atom stereocenters. The summed E-state index contributed by atoms with van der Waals surface area (Å²) < 4.78 is 0. The zero-order valence-electron chi connectivity index (χ0n) is 15.4. The third-order valence-corrected chi connectivity index (χ3v) is 6.32. The third kappa shape index (κ3) is 3.17. The first-order valence-corrected chi connectivity index (χ1v) is 9.88. The van der Waals surface area contributed by atoms with E-state index >= 15 is 0 Å². The fourth-order valence-corrected chi connectivity index (χ4v) is 4.70. The molecule has 0 radical (unpaired) electrons. The van der Waals surface area contributed by atoms with Crippen LogP contribution in [0.4, 0.5) is 0 Å². The molecule has 4 rings (SSSR count). The van der Waals surface area contributed by atoms with Crippen LogP contribution in [0.5, 0.6) is 0 Å². The summed E-state index contributed by atoms with van der Waals surface area (Å²) in [4.78, 5) is 13.0. The van der Waals surface area contributed by atoms with Gasteiger partial charge in [0, 0.05) is 11.5 Å². The van der Waals surface area contributed by atoms with Gasteiger partial charge in [0.05, 0.1) is 0 Å². The summed E-state index contributed by atoms with van der Waals surface area (Å²) in [6, 6.07) is 15.4. The lowest BCUT2D eigenvalue weighted by molar-refractivity contribution is 0.0891. The van der Waals surface area contributed by atoms with Gasteiger partial charge in [0.2, 0.25) is 0 Å². The molecule has 0 saturated heterocycles. The lowest BCUT2D eigenvalue weighted by Crippen LogP contribution is -2.23. The average molecular weight is 332 g/mol. The summed E-state index contributed by atoms with van der Waals surface area (Å²) in [7, 11) is 0. The van der Waals surface area contributed by atoms with E-state index in [2.05, 4.69) is 56.3 Å². The summed E-state index contributed by atoms with van der Waals surface area (Å²) >= 11 is 0. The van der Waals surface area contributed by atoms with Gasteiger partial charge in [-0.15, -0.1) is 0 Å². The summed E-state index contributed by atoms with van der Waals surface area (Å²) in [6.45, 7) is 4.40. The van der Waals surface area contributed by atoms with Crippen molar-refractivity contribution in [3.63, 3.8) is 0 Å². The third-order valence-electron chi connectivity index (χ3n) is 6.32. The summed E-state index contributed by atoms with van der Waals surface area (Å²) in [5, 5.41) is 0. The van der Waals surface area contributed by atoms with Gasteiger partial charge in [0.25, 0.3) is 0 Å². The smallest absolute Gasteiger partial charge is 0.166 e. The Morgan fingerprint density at radius 2 is 1.64 bits per heavy atom. The number of benzene rings is 2. The Kier molecular flexibility index (Phi) is 4.50. The molecule has 0 heterocycles. The van der Waals surface area contributed by atoms with Gasteiger partial charge in [-0.3, -0.25) is 4.79 Å². The van der Waals surface area contributed by atoms with Crippen molar-refractivity contribution in [2.75, 3.05) is 0 Å². The Hall–Kier alpha value is -1.89. The Bertz CT molecular complexity index is 786. The van der Waals surface area contributed by atoms with E-state index in [1.807, 2.05) is 0 Å². The number of hydrogen-bond donors (Lipinski definition) is 0. The van der Waals surface area contributed by atoms with Gasteiger partial charge >= 0.3 is 0 Å². The highest BCUT2D eigenvalue weighted by molar-refractivity contribution is 6.00. The van der Waals surface area contributed by atoms with Crippen LogP contribution in [0.1, 0.15) is 84.0 Å². The van der Waals surface area contributed by atoms with Crippen LogP contribution in [0.15, 0.2) is 42.5 Å². The normalized spacial score (nSPS) is 22.1. The second-order valence-electron chi connectivity index (χ2n) is 8.18. The summed E-state index contributed by atoms with van der Waals surface area (Å²) in [5.74, 6) is 1.76. The highest BCUT2D eigenvalue weighted by Gasteiger charge is 2.29. The number of carbonyl (C=O) groups is 1. The molecule has 2 aliphatic carbocycles. The lowest BCUT2D eigenvalue weighted by Gasteiger charge is -2.25. The number of Topliss-reactive ketones (excluding diaryl/α,β-unsaturated/α-hetero) is 1. The standard InChI is InChI=1S/C24H28O/c1-16(2)21-14-11-19-10-13-20(24(25)23(19)15-21)12-9-18-8-7-17-5-3-4-6-22(17)18/h3-6,11,14-16,18,20H,7-10,12-13H2,1-2H3. The monoisotopic (exact) mass is 332 g/mol. The highest BCUT2D eigenvalue weighted by Crippen LogP contribution is 2.39. The van der Waals surface area contributed by atoms with Crippen LogP contribution in [0, 0.1) is 5.92 Å². The minimum atomic E-state index is 0.225. The maximum absolute atomic E-state index is 13.0. The van der Waals surface area contributed by atoms with Gasteiger partial charge in [-0.1, -0.05) is 50.2 Å². The van der Waals surface area contributed by atoms with Crippen molar-refractivity contribution in [2.24, 2.45) is 5.92 Å². The second-order valence-corrected chi connectivity index (χ2v) is 8.18. The fraction of sp³-hybridized carbons (Fsp3) is 0.458. The number of carbonyl (C=O) groups excluding carboxylic acids is 1. The Morgan fingerprint density at radius 1 is 0.920 bits per heavy atom. The molecule has 0 bridgehead atoms. The van der Waals surface area contributed by atoms with E-state index in [1.165, 1.54) is 35.1 Å². The molecule has 2 atom stereocenters. The van der Waals surface area contributed by atoms with Crippen LogP contribution in [0.2, 0.25) is 0 Å². The molecule has 2 aromatic rings. The van der Waals surface area contributed by atoms with E-state index in [0.29, 0.717) is 17.6 Å². The van der Waals surface area contributed by atoms with Crippen molar-refractivity contribution in [1.82, 2.24) is 0 Å². The van der Waals surface area contributed by atoms with Crippen molar-refractivity contribution >= 4 is 5.78 Å². The van der Waals surface area contributed by atoms with Gasteiger partial charge < -0.3 is 0 Å². The van der Waals surface area contributed by atoms with E-state index in [1.54, 1.807) is 0 Å². The van der Waals surface area contributed by atoms with Crippen molar-refractivity contribution in [2.45, 2.75) is 64.2 Å². The van der Waals surface area contributed by atoms with Gasteiger partial charge in [-0.05, 0) is 78.7 Å². The van der Waals surface area contributed by atoms with E-state index in [-0.39, 0.29) is 5.92 Å². The molecule has 0 fully saturated rings. The van der Waals surface area contributed by atoms with E-state index in [0.717, 1.165) is 31.2 Å². The highest BCUT2D eigenvalue weighted by atomic mass is 16.1. The second kappa shape index (κ2) is 6.78. The van der Waals surface area contributed by atoms with Crippen LogP contribution in [-0.2, 0) is 12.8 Å². The largest absolute Gasteiger partial charge is 0.294 e. The SMILES string of the molecule is CC(C)c1ccc2c(c1)C(=O)C(CCC1CCc3ccccc31)CC2. The van der Waals surface area contributed by atoms with Gasteiger partial charge in [-0.25, -0.2) is 0 Å². The van der Waals surface area contributed by atoms with Crippen LogP contribution >= 0.6 is 0 Å². The van der Waals surface area contributed by atoms with Crippen molar-refractivity contribution in [3.8, 4) is 0 Å². The maximum atomic E-state index is 13.0. The minimum Gasteiger partial charge on any atom is -0.294 e. The number of aryl methyl sites for hydroxylation is 2. The van der Waals surface area contributed by atoms with Crippen LogP contribution in [-0.4, -0.2) is 5.78 Å². The van der Waals surface area contributed by atoms with Gasteiger partial charge in [-0.2, -0.15) is 0 Å². The van der Waals surface area contributed by atoms with Crippen LogP contribution < -0.4 is 0 Å². The van der Waals surface area contributed by atoms with E-state index < -0.39 is 0 Å². The zero-order chi connectivity index (χ0) is 17.4. The molecular formula is C24H28O. The topological polar surface area (TPSA) is 17.1 Å². The van der Waals surface area contributed by atoms with Crippen molar-refractivity contribution < 1.29 is 4.79 Å². The molecule has 0 saturated carbocycles. The molecule has 0 spiro atoms. The van der Waals surface area contributed by atoms with E-state index in [9.17, 15) is 4.79 Å². The Labute approximate surface area is 151 Å². The molecule has 25 heavy (non-hydrogen) atoms. The van der Waals surface area contributed by atoms with Crippen molar-refractivity contribution in [1.29, 1.82) is 0 Å². The number of rotatable bonds is 4. The quantitative estimate of drug-likeness (QED) is 0.664. The summed E-state index contributed by atoms with van der Waals surface area (Å²) in [5.41, 5.74) is 6.62. The minimum absolute atomic E-state index is 0.225. The fourth-order valence-electron chi connectivity index (χ4n) is 4.70. The van der Waals surface area contributed by atoms with Gasteiger partial charge in [0.15, 0.2) is 5.78 Å². The number of fused-ring (bicyclic) bond motifs is 2. The van der Waals surface area contributed by atoms with Crippen LogP contribution in [0.25, 0.3) is 0 Å². The molecular weight excluding hydrogens is 304 g/mol. The molecule has 1 nitrogen and oxygen atoms in total. The Morgan fingerprint density at radius 3 is 2.48 bits per heavy atom. The number of ketones is 1. The first-order chi connectivity index (χ1) is 12.1. The first kappa shape index (κ1) is 16.6. The summed E-state index contributed by atoms with van der Waals surface area (Å²) in [6.07, 6.45) is 6.76. The number of hydrogen-bond acceptors (Lipinski definition) is 1. The lowest BCUT2D eigenvalue weighted by atomic mass is 9.78. The molecule has 0 N–H and O–H groups in total. The van der Waals surface area contributed by atoms with Crippen molar-refractivity contribution in [3.05, 3.63) is 70.3 Å². The van der Waals surface area contributed by atoms with Crippen LogP contribution in [0.3, 0.4) is 0 Å². The van der Waals surface area contributed by atoms with E-state index in [4.69, 9.17) is 0 Å². The predicted molar refractivity (Wildman–Crippen MR) is 103 cm³/mol. The maximum Gasteiger partial charge on any atom is 0.166 e. The molecule has 0 aliphatic heterocycles. The predicted octanol–water partition coefficient (Wildman–Crippen LogP) is 6.07. The molecule has 130 valence electrons. The first-order valence-electron chi connectivity index (χ1n) is 9.88. The Balaban J connectivity index is 1.46. The molecule has 1 heteroatoms. The molecule has 2 aromatic carbocycles. The molecule has 2 aliphatic rings. The zero-order valence-corrected chi connectivity index (χ0v) is 15.4. The molecule has 0 aromatic heterocycles.